The second kappa shape index (κ2) is 8.11. The molecule has 3 aromatic rings. The Morgan fingerprint density at radius 2 is 1.89 bits per heavy atom. The summed E-state index contributed by atoms with van der Waals surface area (Å²) in [7, 11) is 0. The van der Waals surface area contributed by atoms with Crippen LogP contribution in [0.4, 0.5) is 5.69 Å². The first-order valence-electron chi connectivity index (χ1n) is 8.27. The van der Waals surface area contributed by atoms with Crippen molar-refractivity contribution in [3.05, 3.63) is 63.0 Å². The van der Waals surface area contributed by atoms with Gasteiger partial charge < -0.3 is 19.1 Å². The maximum Gasteiger partial charge on any atom is 0.343 e. The molecule has 0 fully saturated rings. The molecule has 0 aliphatic heterocycles. The lowest BCUT2D eigenvalue weighted by molar-refractivity contribution is -0.991. The van der Waals surface area contributed by atoms with Crippen LogP contribution in [0.2, 0.25) is 0 Å². The standard InChI is InChI=1S/C19H16BrNO7/c1-3-26-19(23)17-10(2)27-15-9-14(20)16(8-13(15)17)28-18(22)11-4-6-12(7-5-11)21(24)25/h4-9,21,24H,3H2,1-2H3. The van der Waals surface area contributed by atoms with E-state index in [9.17, 15) is 14.8 Å². The van der Waals surface area contributed by atoms with E-state index in [-0.39, 0.29) is 29.2 Å². The number of furan rings is 1. The highest BCUT2D eigenvalue weighted by Crippen LogP contribution is 2.35. The van der Waals surface area contributed by atoms with Crippen LogP contribution in [0.25, 0.3) is 11.0 Å². The fourth-order valence-electron chi connectivity index (χ4n) is 2.66. The molecule has 3 rings (SSSR count). The molecule has 0 aliphatic rings. The lowest BCUT2D eigenvalue weighted by atomic mass is 10.1. The Morgan fingerprint density at radius 3 is 2.50 bits per heavy atom. The van der Waals surface area contributed by atoms with Crippen molar-refractivity contribution in [2.24, 2.45) is 0 Å². The zero-order valence-electron chi connectivity index (χ0n) is 14.9. The highest BCUT2D eigenvalue weighted by Gasteiger charge is 2.22. The summed E-state index contributed by atoms with van der Waals surface area (Å²) in [5.74, 6) is -0.614. The summed E-state index contributed by atoms with van der Waals surface area (Å²) in [6, 6.07) is 8.48. The van der Waals surface area contributed by atoms with E-state index in [0.29, 0.717) is 21.2 Å². The number of hydrogen-bond acceptors (Lipinski definition) is 7. The number of hydrogen-bond donors (Lipinski definition) is 2. The molecule has 1 heterocycles. The van der Waals surface area contributed by atoms with Gasteiger partial charge in [0.2, 0.25) is 0 Å². The van der Waals surface area contributed by atoms with Crippen molar-refractivity contribution < 1.29 is 33.9 Å². The number of esters is 2. The fourth-order valence-corrected chi connectivity index (χ4v) is 3.07. The molecule has 28 heavy (non-hydrogen) atoms. The molecule has 1 atom stereocenters. The van der Waals surface area contributed by atoms with E-state index in [1.54, 1.807) is 19.9 Å². The van der Waals surface area contributed by atoms with Gasteiger partial charge in [-0.25, -0.2) is 14.8 Å². The Hall–Kier alpha value is -2.72. The summed E-state index contributed by atoms with van der Waals surface area (Å²) in [5, 5.41) is 19.2. The van der Waals surface area contributed by atoms with Gasteiger partial charge in [0, 0.05) is 17.5 Å². The molecule has 0 bridgehead atoms. The molecule has 9 heteroatoms. The fraction of sp³-hybridized carbons (Fsp3) is 0.158. The SMILES string of the molecule is CCOC(=O)c1c(C)oc2cc(Br)c(OC(=O)c3ccc([NH+]([O-])O)cc3)cc12. The Bertz CT molecular complexity index is 1040. The Morgan fingerprint density at radius 1 is 1.21 bits per heavy atom. The minimum Gasteiger partial charge on any atom is -0.595 e. The first-order chi connectivity index (χ1) is 13.3. The van der Waals surface area contributed by atoms with E-state index in [4.69, 9.17) is 19.1 Å². The summed E-state index contributed by atoms with van der Waals surface area (Å²) in [4.78, 5) is 24.6. The van der Waals surface area contributed by atoms with Crippen LogP contribution >= 0.6 is 15.9 Å². The number of fused-ring (bicyclic) bond motifs is 1. The smallest absolute Gasteiger partial charge is 0.343 e. The van der Waals surface area contributed by atoms with Crippen molar-refractivity contribution in [3.63, 3.8) is 0 Å². The molecule has 2 N–H and O–H groups in total. The zero-order chi connectivity index (χ0) is 20.4. The summed E-state index contributed by atoms with van der Waals surface area (Å²) in [6.07, 6.45) is 0. The maximum atomic E-state index is 12.4. The van der Waals surface area contributed by atoms with Gasteiger partial charge >= 0.3 is 11.9 Å². The monoisotopic (exact) mass is 449 g/mol. The van der Waals surface area contributed by atoms with Gasteiger partial charge in [-0.2, -0.15) is 5.23 Å². The first-order valence-corrected chi connectivity index (χ1v) is 9.06. The van der Waals surface area contributed by atoms with Crippen molar-refractivity contribution in [1.82, 2.24) is 0 Å². The molecule has 0 aliphatic carbocycles. The third-order valence-electron chi connectivity index (χ3n) is 3.97. The average molecular weight is 450 g/mol. The number of rotatable bonds is 5. The number of benzene rings is 2. The Balaban J connectivity index is 1.94. The van der Waals surface area contributed by atoms with Crippen molar-refractivity contribution in [1.29, 1.82) is 0 Å². The highest BCUT2D eigenvalue weighted by molar-refractivity contribution is 9.10. The van der Waals surface area contributed by atoms with Crippen molar-refractivity contribution in [2.75, 3.05) is 6.61 Å². The van der Waals surface area contributed by atoms with E-state index in [1.165, 1.54) is 30.3 Å². The van der Waals surface area contributed by atoms with E-state index >= 15 is 0 Å². The maximum absolute atomic E-state index is 12.4. The normalized spacial score (nSPS) is 12.0. The van der Waals surface area contributed by atoms with Crippen molar-refractivity contribution in [2.45, 2.75) is 13.8 Å². The van der Waals surface area contributed by atoms with Crippen LogP contribution in [0.15, 0.2) is 45.3 Å². The molecule has 8 nitrogen and oxygen atoms in total. The van der Waals surface area contributed by atoms with Gasteiger partial charge in [0.25, 0.3) is 0 Å². The molecule has 1 unspecified atom stereocenters. The van der Waals surface area contributed by atoms with Gasteiger partial charge in [0.15, 0.2) is 5.69 Å². The number of nitrogens with one attached hydrogen (secondary N) is 1. The Labute approximate surface area is 167 Å². The molecular weight excluding hydrogens is 434 g/mol. The lowest BCUT2D eigenvalue weighted by Crippen LogP contribution is -2.99. The molecule has 1 aromatic heterocycles. The van der Waals surface area contributed by atoms with Crippen LogP contribution in [-0.4, -0.2) is 23.8 Å². The van der Waals surface area contributed by atoms with Crippen LogP contribution in [-0.2, 0) is 4.74 Å². The number of ether oxygens (including phenoxy) is 2. The number of carbonyl (C=O) groups excluding carboxylic acids is 2. The van der Waals surface area contributed by atoms with Gasteiger partial charge in [0.1, 0.15) is 22.7 Å². The highest BCUT2D eigenvalue weighted by atomic mass is 79.9. The quantitative estimate of drug-likeness (QED) is 0.348. The third kappa shape index (κ3) is 3.92. The van der Waals surface area contributed by atoms with Crippen LogP contribution < -0.4 is 9.96 Å². The Kier molecular flexibility index (Phi) is 5.80. The number of aryl methyl sites for hydroxylation is 1. The third-order valence-corrected chi connectivity index (χ3v) is 4.59. The van der Waals surface area contributed by atoms with Crippen molar-refractivity contribution >= 4 is 44.5 Å². The molecule has 0 saturated carbocycles. The zero-order valence-corrected chi connectivity index (χ0v) is 16.5. The van der Waals surface area contributed by atoms with Gasteiger partial charge in [-0.15, -0.1) is 0 Å². The summed E-state index contributed by atoms with van der Waals surface area (Å²) >= 11 is 3.32. The van der Waals surface area contributed by atoms with Crippen LogP contribution in [0.3, 0.4) is 0 Å². The van der Waals surface area contributed by atoms with Gasteiger partial charge in [-0.1, -0.05) is 0 Å². The minimum atomic E-state index is -1.09. The van der Waals surface area contributed by atoms with Crippen LogP contribution in [0.5, 0.6) is 5.75 Å². The molecule has 0 amide bonds. The van der Waals surface area contributed by atoms with Gasteiger partial charge in [-0.05, 0) is 54.0 Å². The van der Waals surface area contributed by atoms with E-state index in [1.807, 2.05) is 0 Å². The predicted octanol–water partition coefficient (Wildman–Crippen LogP) is 3.30. The number of quaternary nitrogens is 1. The topological polar surface area (TPSA) is 113 Å². The van der Waals surface area contributed by atoms with Crippen molar-refractivity contribution in [3.8, 4) is 5.75 Å². The van der Waals surface area contributed by atoms with Gasteiger partial charge in [-0.3, -0.25) is 0 Å². The van der Waals surface area contributed by atoms with E-state index in [2.05, 4.69) is 15.9 Å². The second-order valence-corrected chi connectivity index (χ2v) is 6.66. The first kappa shape index (κ1) is 20.0. The molecule has 2 aromatic carbocycles. The lowest BCUT2D eigenvalue weighted by Gasteiger charge is -2.11. The molecule has 0 saturated heterocycles. The molecule has 0 spiro atoms. The van der Waals surface area contributed by atoms with E-state index < -0.39 is 17.2 Å². The summed E-state index contributed by atoms with van der Waals surface area (Å²) in [5.41, 5.74) is 0.962. The van der Waals surface area contributed by atoms with Crippen LogP contribution in [0.1, 0.15) is 33.4 Å². The number of halogens is 1. The molecule has 146 valence electrons. The summed E-state index contributed by atoms with van der Waals surface area (Å²) in [6.45, 7) is 3.57. The minimum absolute atomic E-state index is 0.0621. The molecular formula is C19H16BrNO7. The second-order valence-electron chi connectivity index (χ2n) is 5.80. The van der Waals surface area contributed by atoms with E-state index in [0.717, 1.165) is 0 Å². The van der Waals surface area contributed by atoms with Crippen LogP contribution in [0, 0.1) is 12.1 Å². The predicted molar refractivity (Wildman–Crippen MR) is 102 cm³/mol. The molecule has 0 radical (unpaired) electrons. The number of carbonyl (C=O) groups is 2. The largest absolute Gasteiger partial charge is 0.595 e. The average Bonchev–Trinajstić information content (AvgIpc) is 2.96. The summed E-state index contributed by atoms with van der Waals surface area (Å²) < 4.78 is 16.5. The van der Waals surface area contributed by atoms with Gasteiger partial charge in [0.05, 0.1) is 16.6 Å².